The Morgan fingerprint density at radius 2 is 1.97 bits per heavy atom. The lowest BCUT2D eigenvalue weighted by molar-refractivity contribution is -0.134. The number of halogens is 2. The average Bonchev–Trinajstić information content (AvgIpc) is 3.39. The van der Waals surface area contributed by atoms with Crippen molar-refractivity contribution in [1.82, 2.24) is 24.5 Å². The highest BCUT2D eigenvalue weighted by atomic mass is 19.3. The van der Waals surface area contributed by atoms with Gasteiger partial charge in [0.05, 0.1) is 29.0 Å². The third-order valence-corrected chi connectivity index (χ3v) is 6.66. The summed E-state index contributed by atoms with van der Waals surface area (Å²) in [6.07, 6.45) is 6.87. The van der Waals surface area contributed by atoms with E-state index in [2.05, 4.69) is 31.2 Å². The third-order valence-electron chi connectivity index (χ3n) is 6.66. The van der Waals surface area contributed by atoms with Gasteiger partial charge in [-0.3, -0.25) is 9.59 Å². The van der Waals surface area contributed by atoms with Gasteiger partial charge < -0.3 is 20.7 Å². The number of hydrogen-bond donors (Lipinski definition) is 2. The first-order valence-electron chi connectivity index (χ1n) is 11.3. The van der Waals surface area contributed by atoms with Crippen LogP contribution in [0.5, 0.6) is 6.01 Å². The Balaban J connectivity index is 1.44. The van der Waals surface area contributed by atoms with E-state index in [4.69, 9.17) is 5.73 Å². The number of carbonyl (C=O) groups excluding carboxylic acids is 2. The van der Waals surface area contributed by atoms with E-state index in [0.717, 1.165) is 0 Å². The van der Waals surface area contributed by atoms with Gasteiger partial charge in [-0.1, -0.05) is 6.92 Å². The number of fused-ring (bicyclic) bond motifs is 1. The molecule has 1 saturated heterocycles. The average molecular weight is 496 g/mol. The number of hydrogen-bond acceptors (Lipinski definition) is 8. The zero-order chi connectivity index (χ0) is 25.6. The summed E-state index contributed by atoms with van der Waals surface area (Å²) in [5.41, 5.74) is 7.04. The molecule has 3 N–H and O–H groups in total. The fraction of sp³-hybridized carbons (Fsp3) is 0.391. The van der Waals surface area contributed by atoms with E-state index in [1.54, 1.807) is 21.7 Å². The summed E-state index contributed by atoms with van der Waals surface area (Å²) in [4.78, 5) is 34.4. The summed E-state index contributed by atoms with van der Waals surface area (Å²) >= 11 is 0. The van der Waals surface area contributed by atoms with Crippen LogP contribution >= 0.6 is 0 Å². The summed E-state index contributed by atoms with van der Waals surface area (Å²) in [6, 6.07) is 3.24. The van der Waals surface area contributed by atoms with Crippen molar-refractivity contribution < 1.29 is 23.1 Å². The molecule has 0 spiro atoms. The number of nitrogens with zero attached hydrogens (tertiary/aromatic N) is 6. The van der Waals surface area contributed by atoms with Crippen molar-refractivity contribution in [2.24, 2.45) is 17.1 Å². The molecule has 13 heteroatoms. The lowest BCUT2D eigenvalue weighted by atomic mass is 10.1. The molecule has 186 valence electrons. The van der Waals surface area contributed by atoms with Crippen LogP contribution in [-0.4, -0.2) is 62.0 Å². The van der Waals surface area contributed by atoms with Crippen molar-refractivity contribution >= 4 is 23.0 Å². The monoisotopic (exact) mass is 496 g/mol. The number of anilines is 1. The number of nitrogens with two attached hydrogens (primary N) is 1. The first-order valence-corrected chi connectivity index (χ1v) is 11.3. The van der Waals surface area contributed by atoms with Gasteiger partial charge in [-0.25, -0.2) is 14.5 Å². The van der Waals surface area contributed by atoms with E-state index in [-0.39, 0.29) is 23.4 Å². The van der Waals surface area contributed by atoms with E-state index in [0.29, 0.717) is 48.3 Å². The second kappa shape index (κ2) is 8.71. The van der Waals surface area contributed by atoms with Gasteiger partial charge in [0.25, 0.3) is 5.91 Å². The second-order valence-corrected chi connectivity index (χ2v) is 9.12. The number of alkyl halides is 2. The smallest absolute Gasteiger partial charge is 0.389 e. The van der Waals surface area contributed by atoms with Crippen LogP contribution < -0.4 is 15.8 Å². The Morgan fingerprint density at radius 3 is 2.58 bits per heavy atom. The van der Waals surface area contributed by atoms with Crippen molar-refractivity contribution in [1.29, 1.82) is 5.26 Å². The number of amides is 2. The molecule has 0 aromatic carbocycles. The molecule has 4 heterocycles. The van der Waals surface area contributed by atoms with Gasteiger partial charge in [-0.05, 0) is 24.8 Å². The molecule has 2 amide bonds. The highest BCUT2D eigenvalue weighted by Gasteiger charge is 2.54. The molecule has 0 unspecified atom stereocenters. The standard InChI is InChI=1S/C23H22F2N8O3/c1-12-8-32(20(35)23(11-26)2-3-23)10-16(12)31-18-15(19(27)34)7-30-33-9-13(4-17(18)33)14-5-28-22(29-6-14)36-21(24)25/h4-7,9,12,16,21,31H,2-3,8,10H2,1H3,(H2,27,34)/t12-,16+/m0/s1. The van der Waals surface area contributed by atoms with E-state index >= 15 is 0 Å². The van der Waals surface area contributed by atoms with E-state index in [1.807, 2.05) is 6.92 Å². The van der Waals surface area contributed by atoms with E-state index < -0.39 is 23.9 Å². The molecule has 2 atom stereocenters. The summed E-state index contributed by atoms with van der Waals surface area (Å²) in [7, 11) is 0. The molecule has 3 aromatic rings. The lowest BCUT2D eigenvalue weighted by Crippen LogP contribution is -2.36. The van der Waals surface area contributed by atoms with Gasteiger partial charge in [0, 0.05) is 48.8 Å². The zero-order valence-corrected chi connectivity index (χ0v) is 19.2. The molecule has 3 aromatic heterocycles. The van der Waals surface area contributed by atoms with Gasteiger partial charge in [0.2, 0.25) is 5.91 Å². The predicted octanol–water partition coefficient (Wildman–Crippen LogP) is 2.05. The van der Waals surface area contributed by atoms with Crippen LogP contribution in [0.2, 0.25) is 0 Å². The van der Waals surface area contributed by atoms with Gasteiger partial charge in [-0.2, -0.15) is 19.1 Å². The molecule has 2 aliphatic rings. The first-order chi connectivity index (χ1) is 17.2. The number of rotatable bonds is 7. The fourth-order valence-corrected chi connectivity index (χ4v) is 4.47. The molecule has 0 radical (unpaired) electrons. The minimum atomic E-state index is -3.03. The highest BCUT2D eigenvalue weighted by Crippen LogP contribution is 2.47. The summed E-state index contributed by atoms with van der Waals surface area (Å²) in [6.45, 7) is -0.173. The van der Waals surface area contributed by atoms with Crippen LogP contribution in [0.15, 0.2) is 30.9 Å². The highest BCUT2D eigenvalue weighted by molar-refractivity contribution is 6.02. The molecule has 1 aliphatic carbocycles. The van der Waals surface area contributed by atoms with Crippen molar-refractivity contribution in [3.05, 3.63) is 36.4 Å². The largest absolute Gasteiger partial charge is 0.401 e. The van der Waals surface area contributed by atoms with Gasteiger partial charge in [0.15, 0.2) is 0 Å². The fourth-order valence-electron chi connectivity index (χ4n) is 4.47. The Kier molecular flexibility index (Phi) is 5.66. The molecular formula is C23H22F2N8O3. The molecule has 0 bridgehead atoms. The number of aromatic nitrogens is 4. The van der Waals surface area contributed by atoms with Crippen LogP contribution in [0, 0.1) is 22.7 Å². The van der Waals surface area contributed by atoms with Gasteiger partial charge >= 0.3 is 12.6 Å². The maximum atomic E-state index is 12.9. The number of carbonyl (C=O) groups is 2. The van der Waals surface area contributed by atoms with Gasteiger partial charge in [0.1, 0.15) is 5.41 Å². The second-order valence-electron chi connectivity index (χ2n) is 9.12. The Morgan fingerprint density at radius 1 is 1.25 bits per heavy atom. The Hall–Kier alpha value is -4.34. The summed E-state index contributed by atoms with van der Waals surface area (Å²) in [5, 5.41) is 17.0. The number of ether oxygens (including phenoxy) is 1. The molecule has 1 saturated carbocycles. The third kappa shape index (κ3) is 4.15. The Bertz CT molecular complexity index is 1380. The topological polar surface area (TPSA) is 152 Å². The molecule has 11 nitrogen and oxygen atoms in total. The van der Waals surface area contributed by atoms with Crippen molar-refractivity contribution in [3.63, 3.8) is 0 Å². The number of likely N-dealkylation sites (tertiary alicyclic amines) is 1. The maximum absolute atomic E-state index is 12.9. The summed E-state index contributed by atoms with van der Waals surface area (Å²) in [5.74, 6) is -0.782. The van der Waals surface area contributed by atoms with Crippen LogP contribution in [0.4, 0.5) is 14.5 Å². The van der Waals surface area contributed by atoms with Crippen LogP contribution in [0.3, 0.4) is 0 Å². The first kappa shape index (κ1) is 23.4. The molecule has 5 rings (SSSR count). The Labute approximate surface area is 203 Å². The minimum Gasteiger partial charge on any atom is -0.401 e. The van der Waals surface area contributed by atoms with E-state index in [1.165, 1.54) is 18.6 Å². The van der Waals surface area contributed by atoms with Crippen LogP contribution in [0.25, 0.3) is 16.6 Å². The van der Waals surface area contributed by atoms with Crippen LogP contribution in [-0.2, 0) is 4.79 Å². The normalized spacial score (nSPS) is 20.4. The SMILES string of the molecule is C[C@H]1CN(C(=O)C2(C#N)CC2)C[C@H]1Nc1c(C(N)=O)cnn2cc(-c3cnc(OC(F)F)nc3)cc12. The van der Waals surface area contributed by atoms with E-state index in [9.17, 15) is 23.6 Å². The van der Waals surface area contributed by atoms with Gasteiger partial charge in [-0.15, -0.1) is 0 Å². The minimum absolute atomic E-state index is 0.0441. The lowest BCUT2D eigenvalue weighted by Gasteiger charge is -2.21. The van der Waals surface area contributed by atoms with Crippen molar-refractivity contribution in [2.45, 2.75) is 32.4 Å². The van der Waals surface area contributed by atoms with Crippen molar-refractivity contribution in [2.75, 3.05) is 18.4 Å². The van der Waals surface area contributed by atoms with Crippen molar-refractivity contribution in [3.8, 4) is 23.2 Å². The van der Waals surface area contributed by atoms with Crippen LogP contribution in [0.1, 0.15) is 30.1 Å². The predicted molar refractivity (Wildman–Crippen MR) is 122 cm³/mol. The number of nitrogens with one attached hydrogen (secondary N) is 1. The quantitative estimate of drug-likeness (QED) is 0.504. The number of primary amides is 1. The number of nitriles is 1. The molecule has 36 heavy (non-hydrogen) atoms. The molecular weight excluding hydrogens is 474 g/mol. The summed E-state index contributed by atoms with van der Waals surface area (Å²) < 4.78 is 30.5. The molecule has 2 fully saturated rings. The zero-order valence-electron chi connectivity index (χ0n) is 19.2. The maximum Gasteiger partial charge on any atom is 0.389 e. The molecule has 1 aliphatic heterocycles.